The Labute approximate surface area is 139 Å². The number of hydrogen-bond donors (Lipinski definition) is 0. The van der Waals surface area contributed by atoms with Gasteiger partial charge in [0.15, 0.2) is 12.4 Å². The smallest absolute Gasteiger partial charge is 0.265 e. The SMILES string of the molecule is Cn1cc(C(=O)CN2C(=O)COc3ccccc32)c2ccccc21. The number of rotatable bonds is 3. The van der Waals surface area contributed by atoms with Gasteiger partial charge in [0.05, 0.1) is 12.2 Å². The quantitative estimate of drug-likeness (QED) is 0.697. The Morgan fingerprint density at radius 1 is 1.12 bits per heavy atom. The second-order valence-corrected chi connectivity index (χ2v) is 5.83. The average molecular weight is 320 g/mol. The molecule has 1 amide bonds. The maximum absolute atomic E-state index is 12.8. The van der Waals surface area contributed by atoms with Gasteiger partial charge in [0.25, 0.3) is 5.91 Å². The number of aromatic nitrogens is 1. The molecule has 0 saturated carbocycles. The van der Waals surface area contributed by atoms with Gasteiger partial charge >= 0.3 is 0 Å². The maximum atomic E-state index is 12.8. The van der Waals surface area contributed by atoms with E-state index in [1.807, 2.05) is 54.2 Å². The highest BCUT2D eigenvalue weighted by molar-refractivity contribution is 6.13. The molecule has 0 aliphatic carbocycles. The van der Waals surface area contributed by atoms with Gasteiger partial charge in [0.1, 0.15) is 5.75 Å². The van der Waals surface area contributed by atoms with Crippen molar-refractivity contribution in [3.05, 3.63) is 60.3 Å². The van der Waals surface area contributed by atoms with E-state index in [2.05, 4.69) is 0 Å². The van der Waals surface area contributed by atoms with Crippen LogP contribution in [0, 0.1) is 0 Å². The van der Waals surface area contributed by atoms with Crippen LogP contribution in [0.15, 0.2) is 54.7 Å². The molecule has 0 atom stereocenters. The van der Waals surface area contributed by atoms with Crippen LogP contribution in [0.5, 0.6) is 5.75 Å². The number of nitrogens with zero attached hydrogens (tertiary/aromatic N) is 2. The van der Waals surface area contributed by atoms with Crippen LogP contribution < -0.4 is 9.64 Å². The zero-order chi connectivity index (χ0) is 16.7. The Morgan fingerprint density at radius 2 is 1.88 bits per heavy atom. The molecule has 1 aliphatic heterocycles. The minimum atomic E-state index is -0.206. The predicted molar refractivity (Wildman–Crippen MR) is 91.5 cm³/mol. The number of anilines is 1. The zero-order valence-corrected chi connectivity index (χ0v) is 13.2. The summed E-state index contributed by atoms with van der Waals surface area (Å²) in [5.74, 6) is 0.335. The lowest BCUT2D eigenvalue weighted by Crippen LogP contribution is -2.41. The minimum Gasteiger partial charge on any atom is -0.482 e. The van der Waals surface area contributed by atoms with E-state index < -0.39 is 0 Å². The molecule has 2 heterocycles. The molecule has 5 nitrogen and oxygen atoms in total. The van der Waals surface area contributed by atoms with E-state index in [1.54, 1.807) is 12.1 Å². The fourth-order valence-electron chi connectivity index (χ4n) is 3.12. The third-order valence-electron chi connectivity index (χ3n) is 4.31. The van der Waals surface area contributed by atoms with Gasteiger partial charge < -0.3 is 9.30 Å². The number of carbonyl (C=O) groups is 2. The molecular weight excluding hydrogens is 304 g/mol. The first kappa shape index (κ1) is 14.5. The number of fused-ring (bicyclic) bond motifs is 2. The number of aryl methyl sites for hydroxylation is 1. The standard InChI is InChI=1S/C19H16N2O3/c1-20-10-14(13-6-2-3-7-15(13)20)17(22)11-21-16-8-4-5-9-18(16)24-12-19(21)23/h2-10H,11-12H2,1H3. The normalized spacial score (nSPS) is 13.7. The van der Waals surface area contributed by atoms with Crippen LogP contribution in [0.1, 0.15) is 10.4 Å². The summed E-state index contributed by atoms with van der Waals surface area (Å²) in [5, 5.41) is 0.902. The van der Waals surface area contributed by atoms with Crippen LogP contribution in [0.2, 0.25) is 0 Å². The fraction of sp³-hybridized carbons (Fsp3) is 0.158. The van der Waals surface area contributed by atoms with Crippen molar-refractivity contribution >= 4 is 28.3 Å². The van der Waals surface area contributed by atoms with Gasteiger partial charge in [-0.15, -0.1) is 0 Å². The largest absolute Gasteiger partial charge is 0.482 e. The molecular formula is C19H16N2O3. The molecule has 0 bridgehead atoms. The molecule has 3 aromatic rings. The van der Waals surface area contributed by atoms with E-state index in [0.717, 1.165) is 10.9 Å². The van der Waals surface area contributed by atoms with Crippen molar-refractivity contribution in [3.8, 4) is 5.75 Å². The summed E-state index contributed by atoms with van der Waals surface area (Å²) in [4.78, 5) is 26.6. The summed E-state index contributed by atoms with van der Waals surface area (Å²) in [6.07, 6.45) is 1.82. The van der Waals surface area contributed by atoms with E-state index in [9.17, 15) is 9.59 Å². The van der Waals surface area contributed by atoms with Crippen LogP contribution in [0.25, 0.3) is 10.9 Å². The van der Waals surface area contributed by atoms with Crippen LogP contribution >= 0.6 is 0 Å². The molecule has 5 heteroatoms. The number of ether oxygens (including phenoxy) is 1. The van der Waals surface area contributed by atoms with Crippen LogP contribution in [-0.4, -0.2) is 29.4 Å². The van der Waals surface area contributed by atoms with Crippen molar-refractivity contribution in [1.82, 2.24) is 4.57 Å². The molecule has 24 heavy (non-hydrogen) atoms. The third kappa shape index (κ3) is 2.25. The number of para-hydroxylation sites is 3. The molecule has 0 radical (unpaired) electrons. The molecule has 120 valence electrons. The predicted octanol–water partition coefficient (Wildman–Crippen LogP) is 2.79. The van der Waals surface area contributed by atoms with Gasteiger partial charge in [-0.25, -0.2) is 0 Å². The number of Topliss-reactive ketones (excluding diaryl/α,β-unsaturated/α-hetero) is 1. The van der Waals surface area contributed by atoms with Gasteiger partial charge in [-0.3, -0.25) is 14.5 Å². The highest BCUT2D eigenvalue weighted by Crippen LogP contribution is 2.32. The van der Waals surface area contributed by atoms with Crippen LogP contribution in [0.4, 0.5) is 5.69 Å². The Kier molecular flexibility index (Phi) is 3.34. The number of carbonyl (C=O) groups excluding carboxylic acids is 2. The second-order valence-electron chi connectivity index (χ2n) is 5.83. The summed E-state index contributed by atoms with van der Waals surface area (Å²) < 4.78 is 7.35. The Morgan fingerprint density at radius 3 is 2.75 bits per heavy atom. The number of amides is 1. The Bertz CT molecular complexity index is 958. The van der Waals surface area contributed by atoms with Gasteiger partial charge in [-0.1, -0.05) is 30.3 Å². The third-order valence-corrected chi connectivity index (χ3v) is 4.31. The Hall–Kier alpha value is -3.08. The summed E-state index contributed by atoms with van der Waals surface area (Å²) in [7, 11) is 1.91. The van der Waals surface area contributed by atoms with E-state index in [1.165, 1.54) is 4.90 Å². The molecule has 0 spiro atoms. The summed E-state index contributed by atoms with van der Waals surface area (Å²) in [6, 6.07) is 15.0. The van der Waals surface area contributed by atoms with Crippen molar-refractivity contribution < 1.29 is 14.3 Å². The number of hydrogen-bond acceptors (Lipinski definition) is 3. The van der Waals surface area contributed by atoms with Crippen LogP contribution in [-0.2, 0) is 11.8 Å². The zero-order valence-electron chi connectivity index (χ0n) is 13.2. The summed E-state index contributed by atoms with van der Waals surface area (Å²) in [5.41, 5.74) is 2.27. The highest BCUT2D eigenvalue weighted by Gasteiger charge is 2.28. The molecule has 4 rings (SSSR count). The first-order valence-electron chi connectivity index (χ1n) is 7.74. The molecule has 2 aromatic carbocycles. The molecule has 1 aliphatic rings. The van der Waals surface area contributed by atoms with Crippen molar-refractivity contribution in [2.45, 2.75) is 0 Å². The molecule has 0 fully saturated rings. The fourth-order valence-corrected chi connectivity index (χ4v) is 3.12. The lowest BCUT2D eigenvalue weighted by molar-refractivity contribution is -0.121. The number of benzene rings is 2. The minimum absolute atomic E-state index is 0.00716. The van der Waals surface area contributed by atoms with Crippen molar-refractivity contribution in [2.24, 2.45) is 7.05 Å². The molecule has 0 N–H and O–H groups in total. The lowest BCUT2D eigenvalue weighted by Gasteiger charge is -2.28. The molecule has 0 saturated heterocycles. The highest BCUT2D eigenvalue weighted by atomic mass is 16.5. The monoisotopic (exact) mass is 320 g/mol. The van der Waals surface area contributed by atoms with Crippen LogP contribution in [0.3, 0.4) is 0 Å². The summed E-state index contributed by atoms with van der Waals surface area (Å²) in [6.45, 7) is -0.0347. The Balaban J connectivity index is 1.70. The number of ketones is 1. The topological polar surface area (TPSA) is 51.5 Å². The molecule has 1 aromatic heterocycles. The van der Waals surface area contributed by atoms with Gasteiger partial charge in [-0.2, -0.15) is 0 Å². The van der Waals surface area contributed by atoms with Gasteiger partial charge in [-0.05, 0) is 18.2 Å². The first-order valence-corrected chi connectivity index (χ1v) is 7.74. The van der Waals surface area contributed by atoms with E-state index in [4.69, 9.17) is 4.74 Å². The van der Waals surface area contributed by atoms with Gasteiger partial charge in [0.2, 0.25) is 0 Å². The second kappa shape index (κ2) is 5.53. The maximum Gasteiger partial charge on any atom is 0.265 e. The lowest BCUT2D eigenvalue weighted by atomic mass is 10.1. The van der Waals surface area contributed by atoms with E-state index in [0.29, 0.717) is 17.0 Å². The first-order chi connectivity index (χ1) is 11.6. The molecule has 0 unspecified atom stereocenters. The van der Waals surface area contributed by atoms with Crippen molar-refractivity contribution in [3.63, 3.8) is 0 Å². The van der Waals surface area contributed by atoms with E-state index in [-0.39, 0.29) is 24.8 Å². The van der Waals surface area contributed by atoms with E-state index >= 15 is 0 Å². The van der Waals surface area contributed by atoms with Crippen molar-refractivity contribution in [1.29, 1.82) is 0 Å². The van der Waals surface area contributed by atoms with Crippen molar-refractivity contribution in [2.75, 3.05) is 18.1 Å². The van der Waals surface area contributed by atoms with Gasteiger partial charge in [0, 0.05) is 29.7 Å². The summed E-state index contributed by atoms with van der Waals surface area (Å²) >= 11 is 0. The average Bonchev–Trinajstić information content (AvgIpc) is 2.95.